The molecule has 0 unspecified atom stereocenters. The average Bonchev–Trinajstić information content (AvgIpc) is 0.862. The number of rotatable bonds is 4. The molecule has 0 aliphatic carbocycles. The maximum Gasteiger partial charge on any atom is 0.0644 e. The summed E-state index contributed by atoms with van der Waals surface area (Å²) in [5.41, 5.74) is -3.74. The molecule has 0 spiro atoms. The molecule has 0 fully saturated rings. The quantitative estimate of drug-likeness (QED) is 0.154. The molecule has 0 N–H and O–H groups in total. The second-order valence-corrected chi connectivity index (χ2v) is 21.6. The number of hydrogen-bond donors (Lipinski definition) is 0. The lowest BCUT2D eigenvalue weighted by Crippen LogP contribution is -1.91. The van der Waals surface area contributed by atoms with Gasteiger partial charge in [-0.15, -0.1) is 45.3 Å². The van der Waals surface area contributed by atoms with Gasteiger partial charge >= 0.3 is 0 Å². The van der Waals surface area contributed by atoms with Crippen LogP contribution in [0, 0.1) is 0 Å². The third-order valence-electron chi connectivity index (χ3n) is 13.4. The van der Waals surface area contributed by atoms with Crippen molar-refractivity contribution in [3.8, 4) is 44.5 Å². The average molecular weight is 1130 g/mol. The van der Waals surface area contributed by atoms with Gasteiger partial charge in [-0.1, -0.05) is 230 Å². The summed E-state index contributed by atoms with van der Waals surface area (Å²) >= 11 is 2.80. The number of hydrogen-bond acceptors (Lipinski definition) is 4. The van der Waals surface area contributed by atoms with Crippen molar-refractivity contribution in [1.29, 1.82) is 0 Å². The molecule has 0 aliphatic rings. The lowest BCUT2D eigenvalue weighted by atomic mass is 9.85. The largest absolute Gasteiger partial charge is 0.135 e. The molecule has 4 heteroatoms. The summed E-state index contributed by atoms with van der Waals surface area (Å²) in [5.74, 6) is 0. The Hall–Kier alpha value is -9.00. The first-order valence-electron chi connectivity index (χ1n) is 45.6. The molecule has 4 aromatic heterocycles. The highest BCUT2D eigenvalue weighted by Crippen LogP contribution is 2.51. The van der Waals surface area contributed by atoms with E-state index >= 15 is 0 Å². The number of thiophene rings is 4. The smallest absolute Gasteiger partial charge is 0.0644 e. The van der Waals surface area contributed by atoms with Crippen molar-refractivity contribution < 1.29 is 60.3 Å². The fourth-order valence-electron chi connectivity index (χ4n) is 10.1. The second kappa shape index (κ2) is 18.3. The Bertz CT molecular complexity index is 7640. The van der Waals surface area contributed by atoms with E-state index in [-0.39, 0.29) is 91.8 Å². The van der Waals surface area contributed by atoms with Crippen LogP contribution in [0.15, 0.2) is 266 Å². The van der Waals surface area contributed by atoms with Crippen molar-refractivity contribution in [3.05, 3.63) is 266 Å². The van der Waals surface area contributed by atoms with Crippen LogP contribution in [0.5, 0.6) is 0 Å². The summed E-state index contributed by atoms with van der Waals surface area (Å²) in [7, 11) is 0. The fourth-order valence-corrected chi connectivity index (χ4v) is 14.2. The van der Waals surface area contributed by atoms with E-state index in [1.54, 1.807) is 0 Å². The van der Waals surface area contributed by atoms with E-state index < -0.39 is 342 Å². The summed E-state index contributed by atoms with van der Waals surface area (Å²) in [5, 5.41) is -5.51. The molecule has 4 heterocycles. The lowest BCUT2D eigenvalue weighted by molar-refractivity contribution is 1.70. The first kappa shape index (κ1) is 20.3. The third-order valence-corrected chi connectivity index (χ3v) is 17.7. The van der Waals surface area contributed by atoms with E-state index in [0.717, 1.165) is 0 Å². The molecule has 0 radical (unpaired) electrons. The zero-order valence-corrected chi connectivity index (χ0v) is 42.9. The molecule has 372 valence electrons. The molecule has 0 amide bonds. The second-order valence-electron chi connectivity index (χ2n) is 17.5. The molecular weight excluding hydrogens is 1040 g/mol. The van der Waals surface area contributed by atoms with Crippen molar-refractivity contribution >= 4 is 169 Å². The van der Waals surface area contributed by atoms with Crippen LogP contribution in [0.4, 0.5) is 0 Å². The minimum absolute atomic E-state index is 0.0415. The summed E-state index contributed by atoms with van der Waals surface area (Å²) in [4.78, 5) is 0. The van der Waals surface area contributed by atoms with Crippen molar-refractivity contribution in [2.24, 2.45) is 0 Å². The van der Waals surface area contributed by atoms with Crippen molar-refractivity contribution in [1.82, 2.24) is 0 Å². The normalized spacial score (nSPS) is 19.7. The Morgan fingerprint density at radius 3 is 0.775 bits per heavy atom. The maximum atomic E-state index is 9.57. The van der Waals surface area contributed by atoms with Crippen LogP contribution in [0.3, 0.4) is 0 Å². The van der Waals surface area contributed by atoms with Crippen LogP contribution >= 0.6 is 45.3 Å². The predicted octanol–water partition coefficient (Wildman–Crippen LogP) is 24.1. The van der Waals surface area contributed by atoms with Gasteiger partial charge in [-0.3, -0.25) is 0 Å². The standard InChI is InChI=1S/2C38H22S2/c1-2-14-26-25(13-1)35(31-19-9-17-29-23-11-5-7-21-33(23)39-37(29)31)27-15-3-4-16-28(27)36(26)32-20-10-18-30-24-12-6-8-22-34(24)40-38(30)32;1-2-12-30-29(11-1)37(23-17-19-27-25-9-5-7-15-33(25)39-35(27)21-23)31-13-3-4-14-32(31)38(30)24-18-20-28-26-10-6-8-16-34(26)40-36(28)22-24/h2*1-22H/i2*1D,2D,3D,4D,5D,6D,7D,8D,9D,10D,11D,12D,13D,14D,15D,16D,17D,18D,19D,20D,21D,22D. The van der Waals surface area contributed by atoms with Crippen LogP contribution in [0.1, 0.15) is 60.3 Å². The van der Waals surface area contributed by atoms with Crippen molar-refractivity contribution in [3.63, 3.8) is 0 Å². The van der Waals surface area contributed by atoms with Crippen LogP contribution in [-0.4, -0.2) is 0 Å². The van der Waals surface area contributed by atoms with Gasteiger partial charge in [0.1, 0.15) is 0 Å². The molecule has 0 nitrogen and oxygen atoms in total. The molecule has 0 saturated heterocycles. The Kier molecular flexibility index (Phi) is 4.63. The maximum absolute atomic E-state index is 9.57. The summed E-state index contributed by atoms with van der Waals surface area (Å²) in [6, 6.07) is -30.9. The zero-order chi connectivity index (χ0) is 90.7. The Morgan fingerprint density at radius 2 is 0.438 bits per heavy atom. The molecule has 80 heavy (non-hydrogen) atoms. The van der Waals surface area contributed by atoms with Gasteiger partial charge < -0.3 is 0 Å². The Balaban J connectivity index is 0.000000176. The molecular formula is C76H44S4. The van der Waals surface area contributed by atoms with Crippen LogP contribution in [-0.2, 0) is 0 Å². The Labute approximate surface area is 538 Å². The lowest BCUT2D eigenvalue weighted by Gasteiger charge is -2.18. The molecule has 18 aromatic rings. The van der Waals surface area contributed by atoms with Crippen LogP contribution in [0.25, 0.3) is 168 Å². The highest BCUT2D eigenvalue weighted by atomic mass is 32.1. The van der Waals surface area contributed by atoms with Crippen molar-refractivity contribution in [2.45, 2.75) is 0 Å². The zero-order valence-electron chi connectivity index (χ0n) is 83.6. The van der Waals surface area contributed by atoms with Crippen molar-refractivity contribution in [2.75, 3.05) is 0 Å². The van der Waals surface area contributed by atoms with Gasteiger partial charge in [-0.2, -0.15) is 0 Å². The molecule has 14 aromatic carbocycles. The third kappa shape index (κ3) is 7.03. The van der Waals surface area contributed by atoms with Crippen LogP contribution < -0.4 is 0 Å². The molecule has 0 saturated carbocycles. The van der Waals surface area contributed by atoms with E-state index in [1.807, 2.05) is 0 Å². The van der Waals surface area contributed by atoms with Gasteiger partial charge in [0, 0.05) is 91.8 Å². The van der Waals surface area contributed by atoms with Gasteiger partial charge in [-0.05, 0) is 113 Å². The topological polar surface area (TPSA) is 0 Å². The van der Waals surface area contributed by atoms with Gasteiger partial charge in [-0.25, -0.2) is 0 Å². The molecule has 0 aliphatic heterocycles. The van der Waals surface area contributed by atoms with Crippen LogP contribution in [0.2, 0.25) is 0 Å². The summed E-state index contributed by atoms with van der Waals surface area (Å²) < 4.78 is 391. The first-order valence-corrected chi connectivity index (χ1v) is 26.9. The fraction of sp³-hybridized carbons (Fsp3) is 0. The molecule has 0 atom stereocenters. The summed E-state index contributed by atoms with van der Waals surface area (Å²) in [6.07, 6.45) is 0. The Morgan fingerprint density at radius 1 is 0.188 bits per heavy atom. The number of benzene rings is 14. The molecule has 18 rings (SSSR count). The monoisotopic (exact) mass is 1130 g/mol. The van der Waals surface area contributed by atoms with E-state index in [4.69, 9.17) is 38.4 Å². The van der Waals surface area contributed by atoms with Gasteiger partial charge in [0.05, 0.1) is 60.3 Å². The minimum Gasteiger partial charge on any atom is -0.135 e. The van der Waals surface area contributed by atoms with Gasteiger partial charge in [0.15, 0.2) is 0 Å². The predicted molar refractivity (Wildman–Crippen MR) is 356 cm³/mol. The van der Waals surface area contributed by atoms with E-state index in [0.29, 0.717) is 45.3 Å². The van der Waals surface area contributed by atoms with E-state index in [1.165, 1.54) is 0 Å². The van der Waals surface area contributed by atoms with Gasteiger partial charge in [0.2, 0.25) is 0 Å². The molecule has 0 bridgehead atoms. The van der Waals surface area contributed by atoms with E-state index in [2.05, 4.69) is 0 Å². The first-order chi connectivity index (χ1) is 58.0. The summed E-state index contributed by atoms with van der Waals surface area (Å²) in [6.45, 7) is 0. The highest BCUT2D eigenvalue weighted by molar-refractivity contribution is 7.27. The highest BCUT2D eigenvalue weighted by Gasteiger charge is 2.22. The SMILES string of the molecule is [2H]c1c([2H])c([2H])c2c(sc3c(-c4c5c([2H])c([2H])c([2H])c([2H])c5c(-c5c([2H])c([2H])c([2H])c6c5sc5c([2H])c([2H])c([2H])c([2H])c56)c5c([2H])c([2H])c([2H])c([2H])c45)c([2H])c([2H])c([2H])c32)c1[2H].[2H]c1c([2H])c([2H])c2c(sc3c([2H])c(-c4c5c([2H])c([2H])c([2H])c([2H])c5c(-c5c([2H])c([2H])c6c(sc7c([2H])c([2H])c([2H])c([2H])c76)c5[2H])c5c([2H])c([2H])c([2H])c([2H])c45)c([2H])c([2H])c32)c1[2H]. The minimum atomic E-state index is -0.854. The number of fused-ring (bicyclic) bond motifs is 16. The van der Waals surface area contributed by atoms with Gasteiger partial charge in [0.25, 0.3) is 0 Å². The van der Waals surface area contributed by atoms with E-state index in [9.17, 15) is 21.9 Å².